The van der Waals surface area contributed by atoms with Crippen molar-refractivity contribution in [2.24, 2.45) is 5.92 Å². The van der Waals surface area contributed by atoms with Crippen molar-refractivity contribution >= 4 is 0 Å². The molecule has 0 saturated heterocycles. The van der Waals surface area contributed by atoms with Crippen molar-refractivity contribution in [2.45, 2.75) is 38.4 Å². The molecule has 2 rings (SSSR count). The molecule has 19 heavy (non-hydrogen) atoms. The zero-order valence-corrected chi connectivity index (χ0v) is 11.3. The molecule has 0 spiro atoms. The summed E-state index contributed by atoms with van der Waals surface area (Å²) in [5, 5.41) is 9.07. The van der Waals surface area contributed by atoms with Crippen molar-refractivity contribution in [1.82, 2.24) is 0 Å². The molecule has 0 aromatic heterocycles. The molecular weight excluding hydrogens is 247 g/mol. The van der Waals surface area contributed by atoms with Gasteiger partial charge in [-0.2, -0.15) is 0 Å². The molecule has 3 nitrogen and oxygen atoms in total. The summed E-state index contributed by atoms with van der Waals surface area (Å²) in [4.78, 5) is 0. The smallest absolute Gasteiger partial charge is 0.170 e. The van der Waals surface area contributed by atoms with Crippen molar-refractivity contribution < 1.29 is 19.0 Å². The summed E-state index contributed by atoms with van der Waals surface area (Å²) in [6.07, 6.45) is 4.03. The monoisotopic (exact) mass is 268 g/mol. The van der Waals surface area contributed by atoms with Crippen LogP contribution in [0, 0.1) is 11.7 Å². The maximum atomic E-state index is 13.9. The zero-order chi connectivity index (χ0) is 13.7. The van der Waals surface area contributed by atoms with Crippen LogP contribution in [0.1, 0.15) is 31.2 Å². The van der Waals surface area contributed by atoms with E-state index in [2.05, 4.69) is 0 Å². The molecule has 1 aromatic rings. The van der Waals surface area contributed by atoms with Crippen LogP contribution in [0.15, 0.2) is 18.2 Å². The number of benzene rings is 1. The molecule has 1 aromatic carbocycles. The van der Waals surface area contributed by atoms with Gasteiger partial charge in [0.1, 0.15) is 0 Å². The number of aliphatic hydroxyl groups excluding tert-OH is 1. The van der Waals surface area contributed by atoms with E-state index in [4.69, 9.17) is 14.6 Å². The molecule has 1 N–H and O–H groups in total. The number of hydrogen-bond acceptors (Lipinski definition) is 3. The highest BCUT2D eigenvalue weighted by molar-refractivity contribution is 5.30. The molecule has 0 atom stereocenters. The SMILES string of the molecule is COc1cccc(COC2CCC(CO)CC2)c1F. The standard InChI is InChI=1S/C15H21FO3/c1-18-14-4-2-3-12(15(14)16)10-19-13-7-5-11(9-17)6-8-13/h2-4,11,13,17H,5-10H2,1H3. The van der Waals surface area contributed by atoms with Gasteiger partial charge in [-0.05, 0) is 37.7 Å². The minimum atomic E-state index is -0.339. The molecule has 1 aliphatic carbocycles. The summed E-state index contributed by atoms with van der Waals surface area (Å²) in [5.41, 5.74) is 0.531. The van der Waals surface area contributed by atoms with E-state index in [-0.39, 0.29) is 30.9 Å². The summed E-state index contributed by atoms with van der Waals surface area (Å²) in [6, 6.07) is 5.09. The second kappa shape index (κ2) is 6.87. The fraction of sp³-hybridized carbons (Fsp3) is 0.600. The summed E-state index contributed by atoms with van der Waals surface area (Å²) in [6.45, 7) is 0.536. The van der Waals surface area contributed by atoms with Crippen LogP contribution in [0.5, 0.6) is 5.75 Å². The van der Waals surface area contributed by atoms with Gasteiger partial charge in [0.05, 0.1) is 19.8 Å². The van der Waals surface area contributed by atoms with E-state index in [0.29, 0.717) is 11.5 Å². The highest BCUT2D eigenvalue weighted by Crippen LogP contribution is 2.27. The third-order valence-corrected chi connectivity index (χ3v) is 3.79. The zero-order valence-electron chi connectivity index (χ0n) is 11.3. The molecule has 4 heteroatoms. The second-order valence-electron chi connectivity index (χ2n) is 5.07. The molecule has 0 bridgehead atoms. The Bertz CT molecular complexity index is 400. The van der Waals surface area contributed by atoms with Crippen LogP contribution in [0.4, 0.5) is 4.39 Å². The summed E-state index contributed by atoms with van der Waals surface area (Å²) in [7, 11) is 1.46. The fourth-order valence-electron chi connectivity index (χ4n) is 2.51. The largest absolute Gasteiger partial charge is 0.494 e. The Hall–Kier alpha value is -1.13. The molecule has 1 fully saturated rings. The van der Waals surface area contributed by atoms with Gasteiger partial charge in [-0.25, -0.2) is 4.39 Å². The number of rotatable bonds is 5. The minimum Gasteiger partial charge on any atom is -0.494 e. The van der Waals surface area contributed by atoms with Gasteiger partial charge >= 0.3 is 0 Å². The van der Waals surface area contributed by atoms with Gasteiger partial charge < -0.3 is 14.6 Å². The van der Waals surface area contributed by atoms with Crippen LogP contribution in [0.2, 0.25) is 0 Å². The normalized spacial score (nSPS) is 23.3. The van der Waals surface area contributed by atoms with E-state index >= 15 is 0 Å². The highest BCUT2D eigenvalue weighted by atomic mass is 19.1. The van der Waals surface area contributed by atoms with Gasteiger partial charge in [-0.3, -0.25) is 0 Å². The van der Waals surface area contributed by atoms with Crippen LogP contribution in [0.3, 0.4) is 0 Å². The van der Waals surface area contributed by atoms with E-state index in [1.54, 1.807) is 18.2 Å². The molecule has 1 aliphatic rings. The van der Waals surface area contributed by atoms with Crippen LogP contribution in [-0.4, -0.2) is 24.9 Å². The first-order valence-electron chi connectivity index (χ1n) is 6.78. The summed E-state index contributed by atoms with van der Waals surface area (Å²) < 4.78 is 24.6. The molecular formula is C15H21FO3. The average Bonchev–Trinajstić information content (AvgIpc) is 2.47. The Kier molecular flexibility index (Phi) is 5.16. The lowest BCUT2D eigenvalue weighted by Crippen LogP contribution is -2.23. The van der Waals surface area contributed by atoms with Crippen molar-refractivity contribution in [3.05, 3.63) is 29.6 Å². The van der Waals surface area contributed by atoms with E-state index < -0.39 is 0 Å². The Labute approximate surface area is 113 Å². The number of halogens is 1. The molecule has 0 radical (unpaired) electrons. The Morgan fingerprint density at radius 3 is 2.63 bits per heavy atom. The van der Waals surface area contributed by atoms with Gasteiger partial charge in [-0.15, -0.1) is 0 Å². The van der Waals surface area contributed by atoms with Gasteiger partial charge in [-0.1, -0.05) is 12.1 Å². The van der Waals surface area contributed by atoms with Crippen molar-refractivity contribution in [1.29, 1.82) is 0 Å². The minimum absolute atomic E-state index is 0.174. The van der Waals surface area contributed by atoms with Crippen LogP contribution in [0.25, 0.3) is 0 Å². The maximum Gasteiger partial charge on any atom is 0.170 e. The number of methoxy groups -OCH3 is 1. The molecule has 0 aliphatic heterocycles. The Morgan fingerprint density at radius 1 is 1.26 bits per heavy atom. The molecule has 0 amide bonds. The quantitative estimate of drug-likeness (QED) is 0.892. The Morgan fingerprint density at radius 2 is 2.00 bits per heavy atom. The lowest BCUT2D eigenvalue weighted by molar-refractivity contribution is 0.0000312. The van der Waals surface area contributed by atoms with Gasteiger partial charge in [0.2, 0.25) is 0 Å². The second-order valence-corrected chi connectivity index (χ2v) is 5.07. The summed E-state index contributed by atoms with van der Waals surface area (Å²) in [5.74, 6) is 0.326. The van der Waals surface area contributed by atoms with Crippen LogP contribution >= 0.6 is 0 Å². The van der Waals surface area contributed by atoms with Gasteiger partial charge in [0.15, 0.2) is 11.6 Å². The number of aliphatic hydroxyl groups is 1. The lowest BCUT2D eigenvalue weighted by Gasteiger charge is -2.27. The lowest BCUT2D eigenvalue weighted by atomic mass is 9.88. The fourth-order valence-corrected chi connectivity index (χ4v) is 2.51. The van der Waals surface area contributed by atoms with Crippen molar-refractivity contribution in [2.75, 3.05) is 13.7 Å². The predicted molar refractivity (Wildman–Crippen MR) is 70.6 cm³/mol. The molecule has 1 saturated carbocycles. The first-order chi connectivity index (χ1) is 9.24. The van der Waals surface area contributed by atoms with Crippen LogP contribution < -0.4 is 4.74 Å². The maximum absolute atomic E-state index is 13.9. The van der Waals surface area contributed by atoms with Crippen LogP contribution in [-0.2, 0) is 11.3 Å². The third kappa shape index (κ3) is 3.67. The van der Waals surface area contributed by atoms with E-state index in [1.165, 1.54) is 7.11 Å². The van der Waals surface area contributed by atoms with Gasteiger partial charge in [0, 0.05) is 12.2 Å². The number of ether oxygens (including phenoxy) is 2. The van der Waals surface area contributed by atoms with E-state index in [1.807, 2.05) is 0 Å². The molecule has 0 unspecified atom stereocenters. The predicted octanol–water partition coefficient (Wildman–Crippen LogP) is 2.90. The third-order valence-electron chi connectivity index (χ3n) is 3.79. The molecule has 0 heterocycles. The summed E-state index contributed by atoms with van der Waals surface area (Å²) >= 11 is 0. The Balaban J connectivity index is 1.86. The number of hydrogen-bond donors (Lipinski definition) is 1. The van der Waals surface area contributed by atoms with E-state index in [0.717, 1.165) is 25.7 Å². The average molecular weight is 268 g/mol. The van der Waals surface area contributed by atoms with E-state index in [9.17, 15) is 4.39 Å². The highest BCUT2D eigenvalue weighted by Gasteiger charge is 2.21. The molecule has 106 valence electrons. The topological polar surface area (TPSA) is 38.7 Å². The van der Waals surface area contributed by atoms with Gasteiger partial charge in [0.25, 0.3) is 0 Å². The van der Waals surface area contributed by atoms with Crippen molar-refractivity contribution in [3.63, 3.8) is 0 Å². The van der Waals surface area contributed by atoms with Crippen molar-refractivity contribution in [3.8, 4) is 5.75 Å². The first-order valence-corrected chi connectivity index (χ1v) is 6.78. The first kappa shape index (κ1) is 14.3.